The fraction of sp³-hybridized carbons (Fsp3) is 0.190. The van der Waals surface area contributed by atoms with E-state index in [4.69, 9.17) is 26.2 Å². The zero-order valence-electron chi connectivity index (χ0n) is 15.8. The van der Waals surface area contributed by atoms with E-state index in [1.54, 1.807) is 19.4 Å². The molecule has 0 aliphatic carbocycles. The highest BCUT2D eigenvalue weighted by Crippen LogP contribution is 2.32. The van der Waals surface area contributed by atoms with Gasteiger partial charge in [0, 0.05) is 17.3 Å². The fourth-order valence-corrected chi connectivity index (χ4v) is 3.26. The molecule has 4 rings (SSSR count). The number of hydrogen-bond donors (Lipinski definition) is 0. The first kappa shape index (κ1) is 18.3. The topological polar surface area (TPSA) is 61.5 Å². The zero-order chi connectivity index (χ0) is 19.7. The van der Waals surface area contributed by atoms with Crippen LogP contribution >= 0.6 is 11.6 Å². The number of benzene rings is 1. The smallest absolute Gasteiger partial charge is 0.161 e. The van der Waals surface area contributed by atoms with E-state index in [2.05, 4.69) is 9.97 Å². The lowest BCUT2D eigenvalue weighted by Gasteiger charge is -2.11. The molecule has 0 saturated heterocycles. The van der Waals surface area contributed by atoms with E-state index in [1.807, 2.05) is 54.8 Å². The molecule has 3 heterocycles. The van der Waals surface area contributed by atoms with E-state index >= 15 is 0 Å². The first-order chi connectivity index (χ1) is 13.6. The van der Waals surface area contributed by atoms with Crippen LogP contribution in [0.5, 0.6) is 11.5 Å². The molecule has 0 amide bonds. The van der Waals surface area contributed by atoms with Crippen LogP contribution in [0.25, 0.3) is 28.2 Å². The summed E-state index contributed by atoms with van der Waals surface area (Å²) in [6.07, 6.45) is 1.73. The van der Waals surface area contributed by atoms with Crippen LogP contribution in [0.1, 0.15) is 12.6 Å². The summed E-state index contributed by atoms with van der Waals surface area (Å²) in [6, 6.07) is 13.4. The second-order valence-electron chi connectivity index (χ2n) is 6.20. The number of halogens is 1. The maximum absolute atomic E-state index is 5.93. The fourth-order valence-electron chi connectivity index (χ4n) is 3.15. The Hall–Kier alpha value is -3.12. The molecular weight excluding hydrogens is 376 g/mol. The van der Waals surface area contributed by atoms with Crippen molar-refractivity contribution in [2.24, 2.45) is 0 Å². The van der Waals surface area contributed by atoms with Crippen molar-refractivity contribution in [1.29, 1.82) is 0 Å². The molecule has 0 fully saturated rings. The van der Waals surface area contributed by atoms with Gasteiger partial charge in [-0.25, -0.2) is 14.5 Å². The quantitative estimate of drug-likeness (QED) is 0.454. The summed E-state index contributed by atoms with van der Waals surface area (Å²) in [5, 5.41) is 5.26. The molecule has 0 spiro atoms. The molecule has 0 aliphatic heterocycles. The molecule has 0 saturated carbocycles. The predicted octanol–water partition coefficient (Wildman–Crippen LogP) is 4.83. The molecule has 3 aromatic heterocycles. The third-order valence-corrected chi connectivity index (χ3v) is 4.64. The molecule has 0 aliphatic rings. The number of hydrogen-bond acceptors (Lipinski definition) is 5. The third kappa shape index (κ3) is 3.27. The maximum Gasteiger partial charge on any atom is 0.161 e. The number of fused-ring (bicyclic) bond motifs is 1. The SMILES string of the molecule is CCOc1ccc(-c2ccc3nc(C)c(-c4ccc(Cl)nc4)n3n2)cc1OC. The number of aryl methyl sites for hydroxylation is 1. The summed E-state index contributed by atoms with van der Waals surface area (Å²) in [6.45, 7) is 4.47. The molecule has 6 nitrogen and oxygen atoms in total. The summed E-state index contributed by atoms with van der Waals surface area (Å²) in [5.74, 6) is 1.38. The van der Waals surface area contributed by atoms with Crippen LogP contribution in [-0.4, -0.2) is 33.3 Å². The molecule has 0 bridgehead atoms. The largest absolute Gasteiger partial charge is 0.493 e. The first-order valence-corrected chi connectivity index (χ1v) is 9.28. The lowest BCUT2D eigenvalue weighted by atomic mass is 10.1. The minimum atomic E-state index is 0.449. The Balaban J connectivity index is 1.84. The van der Waals surface area contributed by atoms with Crippen molar-refractivity contribution < 1.29 is 9.47 Å². The van der Waals surface area contributed by atoms with Crippen molar-refractivity contribution in [3.8, 4) is 34.0 Å². The zero-order valence-corrected chi connectivity index (χ0v) is 16.6. The Labute approximate surface area is 167 Å². The number of aromatic nitrogens is 4. The minimum Gasteiger partial charge on any atom is -0.493 e. The van der Waals surface area contributed by atoms with Gasteiger partial charge in [0.05, 0.1) is 30.8 Å². The van der Waals surface area contributed by atoms with Gasteiger partial charge in [-0.05, 0) is 56.3 Å². The molecular formula is C21H19ClN4O2. The Bertz CT molecular complexity index is 1140. The molecule has 1 aromatic carbocycles. The van der Waals surface area contributed by atoms with Gasteiger partial charge in [0.25, 0.3) is 0 Å². The van der Waals surface area contributed by atoms with Crippen molar-refractivity contribution in [1.82, 2.24) is 19.6 Å². The Kier molecular flexibility index (Phi) is 4.88. The molecule has 7 heteroatoms. The number of methoxy groups -OCH3 is 1. The average molecular weight is 395 g/mol. The maximum atomic E-state index is 5.93. The molecule has 0 radical (unpaired) electrons. The van der Waals surface area contributed by atoms with E-state index in [0.717, 1.165) is 33.9 Å². The number of ether oxygens (including phenoxy) is 2. The standard InChI is InChI=1S/C21H19ClN4O2/c1-4-28-17-8-5-14(11-18(17)27-3)16-7-10-20-24-13(2)21(26(20)25-16)15-6-9-19(22)23-12-15/h5-12H,4H2,1-3H3. The average Bonchev–Trinajstić information content (AvgIpc) is 3.04. The summed E-state index contributed by atoms with van der Waals surface area (Å²) in [5.41, 5.74) is 5.16. The summed E-state index contributed by atoms with van der Waals surface area (Å²) >= 11 is 5.93. The van der Waals surface area contributed by atoms with Gasteiger partial charge in [0.15, 0.2) is 17.1 Å². The number of nitrogens with zero attached hydrogens (tertiary/aromatic N) is 4. The van der Waals surface area contributed by atoms with Crippen molar-refractivity contribution in [3.63, 3.8) is 0 Å². The highest BCUT2D eigenvalue weighted by Gasteiger charge is 2.14. The van der Waals surface area contributed by atoms with Gasteiger partial charge >= 0.3 is 0 Å². The van der Waals surface area contributed by atoms with E-state index in [0.29, 0.717) is 23.3 Å². The molecule has 4 aromatic rings. The number of pyridine rings is 1. The lowest BCUT2D eigenvalue weighted by molar-refractivity contribution is 0.311. The van der Waals surface area contributed by atoms with Crippen LogP contribution in [0, 0.1) is 6.92 Å². The lowest BCUT2D eigenvalue weighted by Crippen LogP contribution is -1.99. The van der Waals surface area contributed by atoms with Crippen LogP contribution in [0.3, 0.4) is 0 Å². The minimum absolute atomic E-state index is 0.449. The molecule has 0 unspecified atom stereocenters. The predicted molar refractivity (Wildman–Crippen MR) is 109 cm³/mol. The van der Waals surface area contributed by atoms with Crippen LogP contribution in [0.15, 0.2) is 48.7 Å². The van der Waals surface area contributed by atoms with Gasteiger partial charge in [0.1, 0.15) is 5.15 Å². The second-order valence-corrected chi connectivity index (χ2v) is 6.59. The second kappa shape index (κ2) is 7.48. The van der Waals surface area contributed by atoms with Crippen molar-refractivity contribution in [3.05, 3.63) is 59.5 Å². The molecule has 142 valence electrons. The van der Waals surface area contributed by atoms with E-state index < -0.39 is 0 Å². The summed E-state index contributed by atoms with van der Waals surface area (Å²) in [4.78, 5) is 8.79. The third-order valence-electron chi connectivity index (χ3n) is 4.41. The van der Waals surface area contributed by atoms with E-state index in [1.165, 1.54) is 0 Å². The van der Waals surface area contributed by atoms with Gasteiger partial charge in [-0.2, -0.15) is 5.10 Å². The van der Waals surface area contributed by atoms with Gasteiger partial charge in [-0.1, -0.05) is 11.6 Å². The normalized spacial score (nSPS) is 11.0. The molecule has 0 atom stereocenters. The van der Waals surface area contributed by atoms with Crippen molar-refractivity contribution >= 4 is 17.2 Å². The van der Waals surface area contributed by atoms with E-state index in [-0.39, 0.29) is 0 Å². The Morgan fingerprint density at radius 1 is 1.04 bits per heavy atom. The summed E-state index contributed by atoms with van der Waals surface area (Å²) < 4.78 is 12.9. The number of imidazole rings is 1. The Morgan fingerprint density at radius 2 is 1.86 bits per heavy atom. The molecule has 28 heavy (non-hydrogen) atoms. The molecule has 0 N–H and O–H groups in total. The highest BCUT2D eigenvalue weighted by atomic mass is 35.5. The first-order valence-electron chi connectivity index (χ1n) is 8.90. The van der Waals surface area contributed by atoms with Crippen LogP contribution in [0.4, 0.5) is 0 Å². The van der Waals surface area contributed by atoms with Gasteiger partial charge in [0.2, 0.25) is 0 Å². The van der Waals surface area contributed by atoms with E-state index in [9.17, 15) is 0 Å². The monoisotopic (exact) mass is 394 g/mol. The van der Waals surface area contributed by atoms with Crippen LogP contribution < -0.4 is 9.47 Å². The van der Waals surface area contributed by atoms with Crippen molar-refractivity contribution in [2.45, 2.75) is 13.8 Å². The van der Waals surface area contributed by atoms with Crippen molar-refractivity contribution in [2.75, 3.05) is 13.7 Å². The number of rotatable bonds is 5. The Morgan fingerprint density at radius 3 is 2.57 bits per heavy atom. The van der Waals surface area contributed by atoms with Gasteiger partial charge in [-0.3, -0.25) is 0 Å². The summed E-state index contributed by atoms with van der Waals surface area (Å²) in [7, 11) is 1.63. The van der Waals surface area contributed by atoms with Crippen LogP contribution in [-0.2, 0) is 0 Å². The van der Waals surface area contributed by atoms with Gasteiger partial charge < -0.3 is 9.47 Å². The highest BCUT2D eigenvalue weighted by molar-refractivity contribution is 6.29. The van der Waals surface area contributed by atoms with Crippen LogP contribution in [0.2, 0.25) is 5.15 Å². The van der Waals surface area contributed by atoms with Gasteiger partial charge in [-0.15, -0.1) is 0 Å².